The number of anilines is 1. The lowest BCUT2D eigenvalue weighted by Gasteiger charge is -2.07. The van der Waals surface area contributed by atoms with Crippen molar-refractivity contribution in [2.75, 3.05) is 5.73 Å². The molecule has 0 unspecified atom stereocenters. The number of carbonyl (C=O) groups is 1. The molecule has 0 aliphatic carbocycles. The van der Waals surface area contributed by atoms with Crippen molar-refractivity contribution in [2.24, 2.45) is 0 Å². The van der Waals surface area contributed by atoms with Crippen LogP contribution in [0.4, 0.5) is 19.0 Å². The van der Waals surface area contributed by atoms with Gasteiger partial charge in [0.05, 0.1) is 5.56 Å². The number of nitrogens with zero attached hydrogens (tertiary/aromatic N) is 1. The van der Waals surface area contributed by atoms with Crippen LogP contribution in [0, 0.1) is 0 Å². The second-order valence-corrected chi connectivity index (χ2v) is 2.46. The van der Waals surface area contributed by atoms with Crippen LogP contribution in [0.5, 0.6) is 0 Å². The predicted molar refractivity (Wildman–Crippen MR) is 40.6 cm³/mol. The lowest BCUT2D eigenvalue weighted by atomic mass is 10.2. The van der Waals surface area contributed by atoms with Gasteiger partial charge in [-0.15, -0.1) is 0 Å². The van der Waals surface area contributed by atoms with Crippen LogP contribution in [-0.2, 0) is 6.18 Å². The van der Waals surface area contributed by atoms with E-state index in [2.05, 4.69) is 4.98 Å². The Bertz CT molecular complexity index is 376. The highest BCUT2D eigenvalue weighted by Crippen LogP contribution is 2.29. The zero-order valence-corrected chi connectivity index (χ0v) is 6.67. The summed E-state index contributed by atoms with van der Waals surface area (Å²) in [5, 5.41) is 8.47. The van der Waals surface area contributed by atoms with Gasteiger partial charge in [0.2, 0.25) is 0 Å². The second kappa shape index (κ2) is 3.17. The Kier molecular flexibility index (Phi) is 2.33. The fourth-order valence-corrected chi connectivity index (χ4v) is 0.802. The summed E-state index contributed by atoms with van der Waals surface area (Å²) in [7, 11) is 0. The number of nitrogen functional groups attached to an aromatic ring is 1. The Hall–Kier alpha value is -1.79. The van der Waals surface area contributed by atoms with Gasteiger partial charge >= 0.3 is 12.1 Å². The van der Waals surface area contributed by atoms with Crippen LogP contribution >= 0.6 is 0 Å². The molecule has 1 aromatic heterocycles. The van der Waals surface area contributed by atoms with E-state index in [1.165, 1.54) is 0 Å². The van der Waals surface area contributed by atoms with Gasteiger partial charge < -0.3 is 10.8 Å². The molecule has 0 aromatic carbocycles. The van der Waals surface area contributed by atoms with Crippen LogP contribution in [-0.4, -0.2) is 16.1 Å². The van der Waals surface area contributed by atoms with Crippen molar-refractivity contribution in [2.45, 2.75) is 6.18 Å². The number of aromatic nitrogens is 1. The molecule has 0 radical (unpaired) electrons. The number of hydrogen-bond acceptors (Lipinski definition) is 3. The Labute approximate surface area is 76.2 Å². The van der Waals surface area contributed by atoms with Crippen molar-refractivity contribution < 1.29 is 23.1 Å². The van der Waals surface area contributed by atoms with Gasteiger partial charge in [-0.05, 0) is 6.07 Å². The highest BCUT2D eigenvalue weighted by atomic mass is 19.4. The monoisotopic (exact) mass is 206 g/mol. The van der Waals surface area contributed by atoms with Crippen LogP contribution in [0.1, 0.15) is 15.9 Å². The molecule has 1 rings (SSSR count). The number of carboxylic acids is 1. The average Bonchev–Trinajstić information content (AvgIpc) is 2.02. The quantitative estimate of drug-likeness (QED) is 0.727. The molecule has 0 atom stereocenters. The predicted octanol–water partition coefficient (Wildman–Crippen LogP) is 1.38. The maximum atomic E-state index is 12.1. The standard InChI is InChI=1S/C7H5F3N2O2/c8-7(9,10)3-1-4(6(13)14)5(11)12-2-3/h1-2H,(H2,11,12)(H,13,14). The van der Waals surface area contributed by atoms with Crippen molar-refractivity contribution in [1.29, 1.82) is 0 Å². The van der Waals surface area contributed by atoms with Gasteiger partial charge in [-0.1, -0.05) is 0 Å². The van der Waals surface area contributed by atoms with E-state index in [0.29, 0.717) is 12.3 Å². The van der Waals surface area contributed by atoms with Crippen molar-refractivity contribution in [3.63, 3.8) is 0 Å². The molecule has 0 fully saturated rings. The van der Waals surface area contributed by atoms with Gasteiger partial charge in [0.1, 0.15) is 11.4 Å². The smallest absolute Gasteiger partial charge is 0.417 e. The zero-order chi connectivity index (χ0) is 10.9. The topological polar surface area (TPSA) is 76.2 Å². The van der Waals surface area contributed by atoms with Crippen molar-refractivity contribution >= 4 is 11.8 Å². The third-order valence-electron chi connectivity index (χ3n) is 1.48. The van der Waals surface area contributed by atoms with Gasteiger partial charge in [-0.2, -0.15) is 13.2 Å². The molecule has 1 aromatic rings. The first kappa shape index (κ1) is 10.3. The molecule has 0 spiro atoms. The summed E-state index contributed by atoms with van der Waals surface area (Å²) in [5.41, 5.74) is 3.29. The number of alkyl halides is 3. The van der Waals surface area contributed by atoms with Gasteiger partial charge in [-0.25, -0.2) is 9.78 Å². The first-order valence-electron chi connectivity index (χ1n) is 3.38. The molecule has 0 saturated heterocycles. The van der Waals surface area contributed by atoms with Gasteiger partial charge in [0.25, 0.3) is 0 Å². The normalized spacial score (nSPS) is 11.4. The van der Waals surface area contributed by atoms with Crippen LogP contribution in [0.25, 0.3) is 0 Å². The molecule has 0 aliphatic rings. The summed E-state index contributed by atoms with van der Waals surface area (Å²) in [6, 6.07) is 0.449. The van der Waals surface area contributed by atoms with E-state index in [-0.39, 0.29) is 0 Å². The minimum Gasteiger partial charge on any atom is -0.478 e. The third kappa shape index (κ3) is 1.93. The van der Waals surface area contributed by atoms with Crippen molar-refractivity contribution in [3.8, 4) is 0 Å². The number of pyridine rings is 1. The number of nitrogens with two attached hydrogens (primary N) is 1. The minimum absolute atomic E-state index is 0.439. The van der Waals surface area contributed by atoms with Crippen LogP contribution in [0.15, 0.2) is 12.3 Å². The molecule has 0 saturated carbocycles. The number of hydrogen-bond donors (Lipinski definition) is 2. The fourth-order valence-electron chi connectivity index (χ4n) is 0.802. The van der Waals surface area contributed by atoms with E-state index in [1.807, 2.05) is 0 Å². The van der Waals surface area contributed by atoms with Crippen LogP contribution in [0.2, 0.25) is 0 Å². The first-order chi connectivity index (χ1) is 6.32. The van der Waals surface area contributed by atoms with E-state index < -0.39 is 29.1 Å². The lowest BCUT2D eigenvalue weighted by Crippen LogP contribution is -2.11. The molecular weight excluding hydrogens is 201 g/mol. The van der Waals surface area contributed by atoms with E-state index in [9.17, 15) is 18.0 Å². The zero-order valence-electron chi connectivity index (χ0n) is 6.67. The van der Waals surface area contributed by atoms with Crippen LogP contribution in [0.3, 0.4) is 0 Å². The van der Waals surface area contributed by atoms with E-state index >= 15 is 0 Å². The molecule has 14 heavy (non-hydrogen) atoms. The molecule has 76 valence electrons. The van der Waals surface area contributed by atoms with Gasteiger partial charge in [0, 0.05) is 6.20 Å². The van der Waals surface area contributed by atoms with Crippen molar-refractivity contribution in [1.82, 2.24) is 4.98 Å². The average molecular weight is 206 g/mol. The van der Waals surface area contributed by atoms with Gasteiger partial charge in [0.15, 0.2) is 0 Å². The fraction of sp³-hybridized carbons (Fsp3) is 0.143. The highest BCUT2D eigenvalue weighted by Gasteiger charge is 2.32. The minimum atomic E-state index is -4.62. The van der Waals surface area contributed by atoms with Gasteiger partial charge in [-0.3, -0.25) is 0 Å². The molecule has 4 nitrogen and oxygen atoms in total. The molecular formula is C7H5F3N2O2. The van der Waals surface area contributed by atoms with Crippen LogP contribution < -0.4 is 5.73 Å². The Morgan fingerprint density at radius 3 is 2.50 bits per heavy atom. The number of aromatic carboxylic acids is 1. The highest BCUT2D eigenvalue weighted by molar-refractivity contribution is 5.92. The Balaban J connectivity index is 3.27. The molecule has 3 N–H and O–H groups in total. The molecule has 0 aliphatic heterocycles. The Morgan fingerprint density at radius 2 is 2.07 bits per heavy atom. The second-order valence-electron chi connectivity index (χ2n) is 2.46. The maximum Gasteiger partial charge on any atom is 0.417 e. The summed E-state index contributed by atoms with van der Waals surface area (Å²) in [6.07, 6.45) is -4.13. The summed E-state index contributed by atoms with van der Waals surface area (Å²) in [6.45, 7) is 0. The lowest BCUT2D eigenvalue weighted by molar-refractivity contribution is -0.137. The van der Waals surface area contributed by atoms with Crippen molar-refractivity contribution in [3.05, 3.63) is 23.4 Å². The molecule has 1 heterocycles. The summed E-state index contributed by atoms with van der Waals surface area (Å²) < 4.78 is 36.3. The summed E-state index contributed by atoms with van der Waals surface area (Å²) in [5.74, 6) is -1.98. The van der Waals surface area contributed by atoms with E-state index in [4.69, 9.17) is 10.8 Å². The van der Waals surface area contributed by atoms with E-state index in [0.717, 1.165) is 0 Å². The SMILES string of the molecule is Nc1ncc(C(F)(F)F)cc1C(=O)O. The summed E-state index contributed by atoms with van der Waals surface area (Å²) in [4.78, 5) is 13.6. The number of rotatable bonds is 1. The first-order valence-corrected chi connectivity index (χ1v) is 3.38. The largest absolute Gasteiger partial charge is 0.478 e. The molecule has 7 heteroatoms. The number of halogens is 3. The molecule has 0 amide bonds. The third-order valence-corrected chi connectivity index (χ3v) is 1.48. The Morgan fingerprint density at radius 1 is 1.50 bits per heavy atom. The maximum absolute atomic E-state index is 12.1. The molecule has 0 bridgehead atoms. The number of carboxylic acid groups (broad SMARTS) is 1. The summed E-state index contributed by atoms with van der Waals surface area (Å²) >= 11 is 0. The van der Waals surface area contributed by atoms with E-state index in [1.54, 1.807) is 0 Å².